The minimum atomic E-state index is 0.659. The summed E-state index contributed by atoms with van der Waals surface area (Å²) in [6.07, 6.45) is 1.13. The fraction of sp³-hybridized carbons (Fsp3) is 0.227. The Balaban J connectivity index is 1.79. The normalized spacial score (nSPS) is 11.5. The van der Waals surface area contributed by atoms with Crippen LogP contribution < -0.4 is 5.32 Å². The third-order valence-corrected chi connectivity index (χ3v) is 4.62. The number of hydrogen-bond acceptors (Lipinski definition) is 2. The zero-order valence-electron chi connectivity index (χ0n) is 14.7. The number of aromatic nitrogens is 2. The smallest absolute Gasteiger partial charge is 0.208 e. The molecule has 0 atom stereocenters. The van der Waals surface area contributed by atoms with Crippen molar-refractivity contribution in [3.05, 3.63) is 66.7 Å². The first-order valence-electron chi connectivity index (χ1n) is 8.92. The maximum Gasteiger partial charge on any atom is 0.208 e. The Kier molecular flexibility index (Phi) is 4.14. The van der Waals surface area contributed by atoms with Gasteiger partial charge >= 0.3 is 0 Å². The Morgan fingerprint density at radius 2 is 1.68 bits per heavy atom. The SMILES string of the molecule is CC(C)CCn1c(Nc2cccc3ccccc23)nc2ccccc21. The number of aryl methyl sites for hydroxylation is 1. The molecule has 0 bridgehead atoms. The molecule has 0 saturated heterocycles. The molecule has 0 fully saturated rings. The Hall–Kier alpha value is -2.81. The fourth-order valence-corrected chi connectivity index (χ4v) is 3.24. The number of para-hydroxylation sites is 2. The highest BCUT2D eigenvalue weighted by molar-refractivity contribution is 5.95. The van der Waals surface area contributed by atoms with Crippen LogP contribution in [-0.2, 0) is 6.54 Å². The van der Waals surface area contributed by atoms with Crippen LogP contribution >= 0.6 is 0 Å². The van der Waals surface area contributed by atoms with E-state index in [0.29, 0.717) is 5.92 Å². The first kappa shape index (κ1) is 15.7. The number of nitrogens with one attached hydrogen (secondary N) is 1. The van der Waals surface area contributed by atoms with Gasteiger partial charge in [-0.05, 0) is 35.9 Å². The Bertz CT molecular complexity index is 1010. The number of fused-ring (bicyclic) bond motifs is 2. The highest BCUT2D eigenvalue weighted by atomic mass is 15.2. The molecule has 1 aromatic heterocycles. The second-order valence-corrected chi connectivity index (χ2v) is 6.91. The van der Waals surface area contributed by atoms with E-state index < -0.39 is 0 Å². The summed E-state index contributed by atoms with van der Waals surface area (Å²) < 4.78 is 2.30. The summed E-state index contributed by atoms with van der Waals surface area (Å²) in [5, 5.41) is 6.03. The van der Waals surface area contributed by atoms with Crippen molar-refractivity contribution >= 4 is 33.4 Å². The molecule has 0 saturated carbocycles. The summed E-state index contributed by atoms with van der Waals surface area (Å²) >= 11 is 0. The van der Waals surface area contributed by atoms with Crippen molar-refractivity contribution in [2.45, 2.75) is 26.8 Å². The molecule has 1 heterocycles. The van der Waals surface area contributed by atoms with E-state index in [4.69, 9.17) is 4.98 Å². The van der Waals surface area contributed by atoms with E-state index >= 15 is 0 Å². The molecule has 0 aliphatic heterocycles. The van der Waals surface area contributed by atoms with E-state index in [0.717, 1.165) is 30.1 Å². The van der Waals surface area contributed by atoms with Gasteiger partial charge in [0.25, 0.3) is 0 Å². The van der Waals surface area contributed by atoms with Crippen LogP contribution in [0.25, 0.3) is 21.8 Å². The van der Waals surface area contributed by atoms with Crippen LogP contribution in [0.2, 0.25) is 0 Å². The van der Waals surface area contributed by atoms with E-state index in [9.17, 15) is 0 Å². The zero-order valence-corrected chi connectivity index (χ0v) is 14.7. The number of benzene rings is 3. The van der Waals surface area contributed by atoms with Crippen LogP contribution in [0.1, 0.15) is 20.3 Å². The lowest BCUT2D eigenvalue weighted by atomic mass is 10.1. The third-order valence-electron chi connectivity index (χ3n) is 4.62. The van der Waals surface area contributed by atoms with Crippen molar-refractivity contribution < 1.29 is 0 Å². The van der Waals surface area contributed by atoms with Crippen molar-refractivity contribution in [1.29, 1.82) is 0 Å². The standard InChI is InChI=1S/C22H23N3/c1-16(2)14-15-25-21-13-6-5-11-20(21)24-22(25)23-19-12-7-9-17-8-3-4-10-18(17)19/h3-13,16H,14-15H2,1-2H3,(H,23,24). The van der Waals surface area contributed by atoms with Crippen LogP contribution in [0.15, 0.2) is 66.7 Å². The molecule has 0 aliphatic carbocycles. The maximum atomic E-state index is 4.84. The number of imidazole rings is 1. The molecule has 0 spiro atoms. The Labute approximate surface area is 148 Å². The Morgan fingerprint density at radius 3 is 2.56 bits per heavy atom. The van der Waals surface area contributed by atoms with Gasteiger partial charge in [0.15, 0.2) is 0 Å². The monoisotopic (exact) mass is 329 g/mol. The first-order chi connectivity index (χ1) is 12.2. The number of hydrogen-bond donors (Lipinski definition) is 1. The molecule has 3 heteroatoms. The lowest BCUT2D eigenvalue weighted by Crippen LogP contribution is -2.06. The van der Waals surface area contributed by atoms with Crippen LogP contribution in [-0.4, -0.2) is 9.55 Å². The van der Waals surface area contributed by atoms with E-state index in [1.54, 1.807) is 0 Å². The molecule has 0 unspecified atom stereocenters. The lowest BCUT2D eigenvalue weighted by molar-refractivity contribution is 0.526. The van der Waals surface area contributed by atoms with Gasteiger partial charge < -0.3 is 9.88 Å². The van der Waals surface area contributed by atoms with E-state index in [1.807, 2.05) is 6.07 Å². The molecule has 3 nitrogen and oxygen atoms in total. The minimum Gasteiger partial charge on any atom is -0.325 e. The van der Waals surface area contributed by atoms with E-state index in [-0.39, 0.29) is 0 Å². The summed E-state index contributed by atoms with van der Waals surface area (Å²) in [6.45, 7) is 5.49. The van der Waals surface area contributed by atoms with Gasteiger partial charge in [-0.1, -0.05) is 62.4 Å². The fourth-order valence-electron chi connectivity index (χ4n) is 3.24. The van der Waals surface area contributed by atoms with E-state index in [1.165, 1.54) is 16.3 Å². The summed E-state index contributed by atoms with van der Waals surface area (Å²) in [5.41, 5.74) is 3.32. The maximum absolute atomic E-state index is 4.84. The van der Waals surface area contributed by atoms with Gasteiger partial charge in [-0.15, -0.1) is 0 Å². The summed E-state index contributed by atoms with van der Waals surface area (Å²) in [5.74, 6) is 1.57. The second-order valence-electron chi connectivity index (χ2n) is 6.91. The van der Waals surface area contributed by atoms with Gasteiger partial charge in [-0.2, -0.15) is 0 Å². The zero-order chi connectivity index (χ0) is 17.2. The van der Waals surface area contributed by atoms with Crippen LogP contribution in [0.5, 0.6) is 0 Å². The van der Waals surface area contributed by atoms with Gasteiger partial charge in [0.05, 0.1) is 11.0 Å². The van der Waals surface area contributed by atoms with E-state index in [2.05, 4.69) is 84.4 Å². The highest BCUT2D eigenvalue weighted by Gasteiger charge is 2.12. The van der Waals surface area contributed by atoms with Crippen molar-refractivity contribution in [3.8, 4) is 0 Å². The quantitative estimate of drug-likeness (QED) is 0.488. The number of nitrogens with zero attached hydrogens (tertiary/aromatic N) is 2. The molecular weight excluding hydrogens is 306 g/mol. The van der Waals surface area contributed by atoms with Gasteiger partial charge in [-0.25, -0.2) is 4.98 Å². The van der Waals surface area contributed by atoms with Gasteiger partial charge in [-0.3, -0.25) is 0 Å². The Morgan fingerprint density at radius 1 is 0.920 bits per heavy atom. The second kappa shape index (κ2) is 6.60. The number of rotatable bonds is 5. The van der Waals surface area contributed by atoms with Gasteiger partial charge in [0, 0.05) is 17.6 Å². The molecular formula is C22H23N3. The molecule has 126 valence electrons. The molecule has 4 aromatic rings. The van der Waals surface area contributed by atoms with Crippen LogP contribution in [0, 0.1) is 5.92 Å². The molecule has 0 radical (unpaired) electrons. The first-order valence-corrected chi connectivity index (χ1v) is 8.92. The van der Waals surface area contributed by atoms with Crippen molar-refractivity contribution in [2.75, 3.05) is 5.32 Å². The third kappa shape index (κ3) is 3.10. The molecule has 1 N–H and O–H groups in total. The van der Waals surface area contributed by atoms with Crippen LogP contribution in [0.4, 0.5) is 11.6 Å². The topological polar surface area (TPSA) is 29.9 Å². The predicted octanol–water partition coefficient (Wildman–Crippen LogP) is 5.98. The van der Waals surface area contributed by atoms with Crippen molar-refractivity contribution in [3.63, 3.8) is 0 Å². The average molecular weight is 329 g/mol. The molecule has 25 heavy (non-hydrogen) atoms. The number of anilines is 2. The summed E-state index contributed by atoms with van der Waals surface area (Å²) in [6, 6.07) is 23.1. The minimum absolute atomic E-state index is 0.659. The molecule has 4 rings (SSSR count). The van der Waals surface area contributed by atoms with Crippen molar-refractivity contribution in [1.82, 2.24) is 9.55 Å². The highest BCUT2D eigenvalue weighted by Crippen LogP contribution is 2.28. The summed E-state index contributed by atoms with van der Waals surface area (Å²) in [4.78, 5) is 4.84. The van der Waals surface area contributed by atoms with Gasteiger partial charge in [0.1, 0.15) is 0 Å². The largest absolute Gasteiger partial charge is 0.325 e. The average Bonchev–Trinajstić information content (AvgIpc) is 2.97. The van der Waals surface area contributed by atoms with Gasteiger partial charge in [0.2, 0.25) is 5.95 Å². The molecule has 0 aliphatic rings. The predicted molar refractivity (Wildman–Crippen MR) is 106 cm³/mol. The lowest BCUT2D eigenvalue weighted by Gasteiger charge is -2.13. The summed E-state index contributed by atoms with van der Waals surface area (Å²) in [7, 11) is 0. The van der Waals surface area contributed by atoms with Crippen molar-refractivity contribution in [2.24, 2.45) is 5.92 Å². The molecule has 0 amide bonds. The van der Waals surface area contributed by atoms with Crippen LogP contribution in [0.3, 0.4) is 0 Å². The molecule has 3 aromatic carbocycles.